The predicted molar refractivity (Wildman–Crippen MR) is 114 cm³/mol. The van der Waals surface area contributed by atoms with Crippen LogP contribution in [0.1, 0.15) is 24.3 Å². The number of carbonyl (C=O) groups is 1. The summed E-state index contributed by atoms with van der Waals surface area (Å²) in [6.07, 6.45) is 0. The second kappa shape index (κ2) is 7.86. The number of carbonyl (C=O) groups excluding carboxylic acids is 1. The molecule has 0 spiro atoms. The molecule has 2 aromatic heterocycles. The fourth-order valence-electron chi connectivity index (χ4n) is 2.94. The molecule has 142 valence electrons. The molecular formula is C20H23N3O2S2. The Morgan fingerprint density at radius 3 is 2.59 bits per heavy atom. The number of nitrogens with zero attached hydrogens (tertiary/aromatic N) is 3. The largest absolute Gasteiger partial charge is 0.315 e. The van der Waals surface area contributed by atoms with Gasteiger partial charge in [-0.25, -0.2) is 4.98 Å². The summed E-state index contributed by atoms with van der Waals surface area (Å²) >= 11 is 2.87. The predicted octanol–water partition coefficient (Wildman–Crippen LogP) is 4.24. The molecule has 1 atom stereocenters. The van der Waals surface area contributed by atoms with Crippen LogP contribution in [0.3, 0.4) is 0 Å². The van der Waals surface area contributed by atoms with Gasteiger partial charge in [-0.15, -0.1) is 11.3 Å². The monoisotopic (exact) mass is 401 g/mol. The van der Waals surface area contributed by atoms with Crippen LogP contribution in [-0.4, -0.2) is 27.8 Å². The highest BCUT2D eigenvalue weighted by atomic mass is 32.2. The van der Waals surface area contributed by atoms with Crippen LogP contribution in [-0.2, 0) is 11.3 Å². The minimum Gasteiger partial charge on any atom is -0.315 e. The highest BCUT2D eigenvalue weighted by molar-refractivity contribution is 8.00. The smallest absolute Gasteiger partial charge is 0.263 e. The number of para-hydroxylation sites is 1. The van der Waals surface area contributed by atoms with Crippen molar-refractivity contribution >= 4 is 44.9 Å². The van der Waals surface area contributed by atoms with E-state index in [9.17, 15) is 9.59 Å². The summed E-state index contributed by atoms with van der Waals surface area (Å²) < 4.78 is 1.67. The van der Waals surface area contributed by atoms with Crippen molar-refractivity contribution in [2.75, 3.05) is 11.9 Å². The number of thioether (sulfide) groups is 1. The topological polar surface area (TPSA) is 55.2 Å². The van der Waals surface area contributed by atoms with Gasteiger partial charge in [0.15, 0.2) is 5.16 Å². The summed E-state index contributed by atoms with van der Waals surface area (Å²) in [4.78, 5) is 34.0. The van der Waals surface area contributed by atoms with Crippen LogP contribution in [0, 0.1) is 13.8 Å². The summed E-state index contributed by atoms with van der Waals surface area (Å²) in [6.45, 7) is 8.27. The third-order valence-electron chi connectivity index (χ3n) is 4.67. The quantitative estimate of drug-likeness (QED) is 0.474. The van der Waals surface area contributed by atoms with E-state index in [1.54, 1.807) is 16.5 Å². The number of aryl methyl sites for hydroxylation is 2. The molecular weight excluding hydrogens is 378 g/mol. The number of anilines is 1. The van der Waals surface area contributed by atoms with E-state index in [-0.39, 0.29) is 16.7 Å². The molecule has 0 N–H and O–H groups in total. The van der Waals surface area contributed by atoms with Gasteiger partial charge in [-0.1, -0.05) is 30.0 Å². The lowest BCUT2D eigenvalue weighted by atomic mass is 10.2. The van der Waals surface area contributed by atoms with Gasteiger partial charge in [0.25, 0.3) is 5.56 Å². The fraction of sp³-hybridized carbons (Fsp3) is 0.350. The Labute approximate surface area is 167 Å². The van der Waals surface area contributed by atoms with E-state index in [4.69, 9.17) is 4.98 Å². The molecule has 0 unspecified atom stereocenters. The lowest BCUT2D eigenvalue weighted by Gasteiger charge is -2.21. The molecule has 27 heavy (non-hydrogen) atoms. The number of benzene rings is 1. The normalized spacial score (nSPS) is 12.3. The van der Waals surface area contributed by atoms with Crippen LogP contribution >= 0.6 is 23.1 Å². The average molecular weight is 402 g/mol. The summed E-state index contributed by atoms with van der Waals surface area (Å²) in [5.74, 6) is -0.0262. The maximum atomic E-state index is 12.9. The lowest BCUT2D eigenvalue weighted by molar-refractivity contribution is -0.117. The zero-order valence-electron chi connectivity index (χ0n) is 16.1. The first-order valence-corrected chi connectivity index (χ1v) is 10.5. The molecule has 3 aromatic rings. The molecule has 5 nitrogen and oxygen atoms in total. The van der Waals surface area contributed by atoms with E-state index in [0.717, 1.165) is 21.0 Å². The first-order chi connectivity index (χ1) is 12.8. The Kier molecular flexibility index (Phi) is 5.72. The zero-order valence-corrected chi connectivity index (χ0v) is 17.8. The van der Waals surface area contributed by atoms with Crippen LogP contribution in [0.25, 0.3) is 10.2 Å². The van der Waals surface area contributed by atoms with Gasteiger partial charge in [0, 0.05) is 24.2 Å². The van der Waals surface area contributed by atoms with Crippen LogP contribution in [0.4, 0.5) is 5.69 Å². The third kappa shape index (κ3) is 3.66. The molecule has 2 heterocycles. The molecule has 1 aromatic carbocycles. The van der Waals surface area contributed by atoms with Gasteiger partial charge in [-0.3, -0.25) is 14.2 Å². The highest BCUT2D eigenvalue weighted by Gasteiger charge is 2.23. The Hall–Kier alpha value is -2.12. The standard InChI is InChI=1S/C20H23N3O2S2/c1-6-23-19(25)16-12(2)13(3)26-17(16)21-20(23)27-14(4)18(24)22(5)15-10-8-7-9-11-15/h7-11,14H,6H2,1-5H3/t14-/m0/s1. The van der Waals surface area contributed by atoms with Crippen molar-refractivity contribution in [1.82, 2.24) is 9.55 Å². The van der Waals surface area contributed by atoms with Gasteiger partial charge in [0.05, 0.1) is 10.6 Å². The summed E-state index contributed by atoms with van der Waals surface area (Å²) in [5.41, 5.74) is 1.82. The van der Waals surface area contributed by atoms with Gasteiger partial charge in [0.2, 0.25) is 5.91 Å². The van der Waals surface area contributed by atoms with Crippen molar-refractivity contribution in [3.8, 4) is 0 Å². The molecule has 3 rings (SSSR count). The number of amides is 1. The summed E-state index contributed by atoms with van der Waals surface area (Å²) in [6, 6.07) is 9.53. The van der Waals surface area contributed by atoms with Crippen LogP contribution in [0.2, 0.25) is 0 Å². The Bertz CT molecular complexity index is 1040. The number of fused-ring (bicyclic) bond motifs is 1. The van der Waals surface area contributed by atoms with Crippen molar-refractivity contribution in [2.45, 2.75) is 44.6 Å². The minimum atomic E-state index is -0.362. The van der Waals surface area contributed by atoms with Gasteiger partial charge in [-0.2, -0.15) is 0 Å². The Morgan fingerprint density at radius 2 is 1.96 bits per heavy atom. The van der Waals surface area contributed by atoms with E-state index < -0.39 is 0 Å². The molecule has 7 heteroatoms. The molecule has 0 saturated carbocycles. The number of rotatable bonds is 5. The molecule has 0 aliphatic carbocycles. The second-order valence-electron chi connectivity index (χ2n) is 6.40. The molecule has 0 aliphatic heterocycles. The van der Waals surface area contributed by atoms with Crippen molar-refractivity contribution in [2.24, 2.45) is 0 Å². The maximum Gasteiger partial charge on any atom is 0.263 e. The van der Waals surface area contributed by atoms with E-state index in [1.165, 1.54) is 23.1 Å². The minimum absolute atomic E-state index is 0.0251. The molecule has 0 saturated heterocycles. The van der Waals surface area contributed by atoms with Crippen LogP contribution in [0.15, 0.2) is 40.3 Å². The average Bonchev–Trinajstić information content (AvgIpc) is 2.95. The van der Waals surface area contributed by atoms with Crippen molar-refractivity contribution in [3.63, 3.8) is 0 Å². The van der Waals surface area contributed by atoms with Gasteiger partial charge < -0.3 is 4.90 Å². The maximum absolute atomic E-state index is 12.9. The van der Waals surface area contributed by atoms with Gasteiger partial charge >= 0.3 is 0 Å². The Balaban J connectivity index is 1.94. The zero-order chi connectivity index (χ0) is 19.7. The lowest BCUT2D eigenvalue weighted by Crippen LogP contribution is -2.34. The molecule has 0 bridgehead atoms. The summed E-state index contributed by atoms with van der Waals surface area (Å²) in [5, 5.41) is 0.933. The summed E-state index contributed by atoms with van der Waals surface area (Å²) in [7, 11) is 1.77. The molecule has 0 fully saturated rings. The van der Waals surface area contributed by atoms with E-state index in [2.05, 4.69) is 0 Å². The van der Waals surface area contributed by atoms with E-state index in [0.29, 0.717) is 17.1 Å². The van der Waals surface area contributed by atoms with Crippen LogP contribution < -0.4 is 10.5 Å². The number of thiophene rings is 1. The SMILES string of the molecule is CCn1c(S[C@@H](C)C(=O)N(C)c2ccccc2)nc2sc(C)c(C)c2c1=O. The van der Waals surface area contributed by atoms with Crippen molar-refractivity contribution in [3.05, 3.63) is 51.1 Å². The molecule has 0 aliphatic rings. The van der Waals surface area contributed by atoms with Crippen molar-refractivity contribution < 1.29 is 4.79 Å². The number of hydrogen-bond donors (Lipinski definition) is 0. The fourth-order valence-corrected chi connectivity index (χ4v) is 5.07. The highest BCUT2D eigenvalue weighted by Crippen LogP contribution is 2.30. The third-order valence-corrected chi connectivity index (χ3v) is 6.85. The number of aromatic nitrogens is 2. The number of hydrogen-bond acceptors (Lipinski definition) is 5. The van der Waals surface area contributed by atoms with E-state index >= 15 is 0 Å². The van der Waals surface area contributed by atoms with Crippen LogP contribution in [0.5, 0.6) is 0 Å². The second-order valence-corrected chi connectivity index (χ2v) is 8.91. The van der Waals surface area contributed by atoms with Crippen molar-refractivity contribution in [1.29, 1.82) is 0 Å². The first kappa shape index (κ1) is 19.6. The van der Waals surface area contributed by atoms with Gasteiger partial charge in [-0.05, 0) is 45.4 Å². The first-order valence-electron chi connectivity index (χ1n) is 8.85. The molecule has 1 amide bonds. The molecule has 0 radical (unpaired) electrons. The Morgan fingerprint density at radius 1 is 1.30 bits per heavy atom. The van der Waals surface area contributed by atoms with E-state index in [1.807, 2.05) is 58.0 Å². The van der Waals surface area contributed by atoms with Gasteiger partial charge in [0.1, 0.15) is 4.83 Å².